The highest BCUT2D eigenvalue weighted by atomic mass is 32.2. The van der Waals surface area contributed by atoms with Gasteiger partial charge >= 0.3 is 11.8 Å². The van der Waals surface area contributed by atoms with Crippen molar-refractivity contribution in [2.75, 3.05) is 31.1 Å². The molecule has 0 aliphatic carbocycles. The van der Waals surface area contributed by atoms with Crippen LogP contribution in [0.25, 0.3) is 0 Å². The monoisotopic (exact) mass is 367 g/mol. The summed E-state index contributed by atoms with van der Waals surface area (Å²) >= 11 is 0. The molecule has 1 atom stereocenters. The zero-order chi connectivity index (χ0) is 18.4. The molecule has 1 aliphatic rings. The van der Waals surface area contributed by atoms with Gasteiger partial charge in [-0.05, 0) is 44.4 Å². The van der Waals surface area contributed by atoms with E-state index in [0.717, 1.165) is 5.56 Å². The third kappa shape index (κ3) is 5.01. The molecule has 2 amide bonds. The molecule has 1 aromatic rings. The van der Waals surface area contributed by atoms with E-state index in [1.54, 1.807) is 19.3 Å². The van der Waals surface area contributed by atoms with Crippen LogP contribution in [0.3, 0.4) is 0 Å². The molecule has 2 rings (SSSR count). The van der Waals surface area contributed by atoms with E-state index in [-0.39, 0.29) is 11.5 Å². The molecule has 2 heterocycles. The number of rotatable bonds is 6. The molecule has 1 unspecified atom stereocenters. The van der Waals surface area contributed by atoms with Crippen LogP contribution in [0.4, 0.5) is 0 Å². The second-order valence-corrected chi connectivity index (χ2v) is 8.37. The Kier molecular flexibility index (Phi) is 6.52. The van der Waals surface area contributed by atoms with Gasteiger partial charge in [0.05, 0.1) is 11.5 Å². The molecule has 1 saturated heterocycles. The number of carbonyl (C=O) groups is 2. The maximum absolute atomic E-state index is 12.6. The van der Waals surface area contributed by atoms with Crippen molar-refractivity contribution in [1.82, 2.24) is 14.8 Å². The van der Waals surface area contributed by atoms with Gasteiger partial charge < -0.3 is 9.80 Å². The summed E-state index contributed by atoms with van der Waals surface area (Å²) in [5, 5.41) is 0. The van der Waals surface area contributed by atoms with Gasteiger partial charge in [0.1, 0.15) is 0 Å². The Morgan fingerprint density at radius 1 is 1.16 bits per heavy atom. The number of carbonyl (C=O) groups excluding carboxylic acids is 2. The molecule has 1 aliphatic heterocycles. The Hall–Kier alpha value is -1.96. The fourth-order valence-corrected chi connectivity index (χ4v) is 4.79. The Labute approximate surface area is 148 Å². The van der Waals surface area contributed by atoms with Crippen molar-refractivity contribution in [3.05, 3.63) is 30.1 Å². The number of pyridine rings is 1. The highest BCUT2D eigenvalue weighted by Gasteiger charge is 2.37. The lowest BCUT2D eigenvalue weighted by Crippen LogP contribution is -2.50. The molecular weight excluding hydrogens is 342 g/mol. The standard InChI is InChI=1S/C17H25N3O4S/c1-3-19(11-7-14-5-9-18-10-6-14)16(21)17(22)20(4-2)15-8-12-25(23,24)13-15/h5-6,9-10,15H,3-4,7-8,11-13H2,1-2H3. The topological polar surface area (TPSA) is 87.7 Å². The predicted octanol–water partition coefficient (Wildman–Crippen LogP) is 0.508. The van der Waals surface area contributed by atoms with Crippen molar-refractivity contribution in [3.63, 3.8) is 0 Å². The first-order chi connectivity index (χ1) is 11.9. The zero-order valence-electron chi connectivity index (χ0n) is 14.7. The van der Waals surface area contributed by atoms with Crippen molar-refractivity contribution in [1.29, 1.82) is 0 Å². The summed E-state index contributed by atoms with van der Waals surface area (Å²) in [5.74, 6) is -1.15. The maximum atomic E-state index is 12.6. The van der Waals surface area contributed by atoms with E-state index in [0.29, 0.717) is 32.5 Å². The molecule has 7 nitrogen and oxygen atoms in total. The molecular formula is C17H25N3O4S. The number of aromatic nitrogens is 1. The van der Waals surface area contributed by atoms with Crippen LogP contribution in [0.5, 0.6) is 0 Å². The summed E-state index contributed by atoms with van der Waals surface area (Å²) in [6, 6.07) is 3.36. The first kappa shape index (κ1) is 19.4. The van der Waals surface area contributed by atoms with E-state index in [9.17, 15) is 18.0 Å². The highest BCUT2D eigenvalue weighted by Crippen LogP contribution is 2.18. The minimum atomic E-state index is -3.11. The zero-order valence-corrected chi connectivity index (χ0v) is 15.5. The minimum absolute atomic E-state index is 0.0526. The van der Waals surface area contributed by atoms with Crippen LogP contribution in [0.2, 0.25) is 0 Å². The Morgan fingerprint density at radius 3 is 2.36 bits per heavy atom. The molecule has 0 radical (unpaired) electrons. The van der Waals surface area contributed by atoms with Crippen LogP contribution < -0.4 is 0 Å². The summed E-state index contributed by atoms with van der Waals surface area (Å²) in [6.45, 7) is 4.78. The van der Waals surface area contributed by atoms with E-state index < -0.39 is 27.7 Å². The van der Waals surface area contributed by atoms with Crippen LogP contribution in [0.15, 0.2) is 24.5 Å². The van der Waals surface area contributed by atoms with Crippen molar-refractivity contribution >= 4 is 21.7 Å². The fourth-order valence-electron chi connectivity index (χ4n) is 3.06. The molecule has 0 N–H and O–H groups in total. The van der Waals surface area contributed by atoms with Crippen LogP contribution in [-0.4, -0.2) is 72.2 Å². The van der Waals surface area contributed by atoms with Gasteiger partial charge in [-0.3, -0.25) is 14.6 Å². The largest absolute Gasteiger partial charge is 0.334 e. The van der Waals surface area contributed by atoms with Gasteiger partial charge in [0, 0.05) is 38.1 Å². The molecule has 138 valence electrons. The lowest BCUT2D eigenvalue weighted by Gasteiger charge is -2.29. The molecule has 25 heavy (non-hydrogen) atoms. The minimum Gasteiger partial charge on any atom is -0.334 e. The average molecular weight is 367 g/mol. The molecule has 0 saturated carbocycles. The lowest BCUT2D eigenvalue weighted by atomic mass is 10.2. The number of nitrogens with zero attached hydrogens (tertiary/aromatic N) is 3. The van der Waals surface area contributed by atoms with Gasteiger partial charge in [0.25, 0.3) is 0 Å². The van der Waals surface area contributed by atoms with Crippen molar-refractivity contribution in [2.45, 2.75) is 32.7 Å². The van der Waals surface area contributed by atoms with E-state index >= 15 is 0 Å². The first-order valence-electron chi connectivity index (χ1n) is 8.57. The van der Waals surface area contributed by atoms with E-state index in [1.807, 2.05) is 19.1 Å². The Morgan fingerprint density at radius 2 is 1.84 bits per heavy atom. The molecule has 0 bridgehead atoms. The fraction of sp³-hybridized carbons (Fsp3) is 0.588. The Balaban J connectivity index is 2.01. The van der Waals surface area contributed by atoms with Gasteiger partial charge in [-0.1, -0.05) is 0 Å². The van der Waals surface area contributed by atoms with Crippen molar-refractivity contribution < 1.29 is 18.0 Å². The van der Waals surface area contributed by atoms with Crippen LogP contribution in [0, 0.1) is 0 Å². The van der Waals surface area contributed by atoms with E-state index in [4.69, 9.17) is 0 Å². The third-order valence-electron chi connectivity index (χ3n) is 4.52. The summed E-state index contributed by atoms with van der Waals surface area (Å²) in [5.41, 5.74) is 1.04. The SMILES string of the molecule is CCN(CCc1ccncc1)C(=O)C(=O)N(CC)C1CCS(=O)(=O)C1. The second kappa shape index (κ2) is 8.42. The van der Waals surface area contributed by atoms with E-state index in [2.05, 4.69) is 4.98 Å². The quantitative estimate of drug-likeness (QED) is 0.684. The lowest BCUT2D eigenvalue weighted by molar-refractivity contribution is -0.152. The van der Waals surface area contributed by atoms with Gasteiger partial charge in [-0.25, -0.2) is 8.42 Å². The van der Waals surface area contributed by atoms with Crippen LogP contribution in [-0.2, 0) is 25.8 Å². The molecule has 1 fully saturated rings. The summed E-state index contributed by atoms with van der Waals surface area (Å²) in [6.07, 6.45) is 4.42. The van der Waals surface area contributed by atoms with Gasteiger partial charge in [0.15, 0.2) is 9.84 Å². The van der Waals surface area contributed by atoms with Crippen molar-refractivity contribution in [2.24, 2.45) is 0 Å². The number of amides is 2. The predicted molar refractivity (Wildman–Crippen MR) is 94.6 cm³/mol. The number of likely N-dealkylation sites (N-methyl/N-ethyl adjacent to an activating group) is 2. The van der Waals surface area contributed by atoms with Crippen LogP contribution >= 0.6 is 0 Å². The summed E-state index contributed by atoms with van der Waals surface area (Å²) in [7, 11) is -3.11. The first-order valence-corrected chi connectivity index (χ1v) is 10.4. The molecule has 8 heteroatoms. The highest BCUT2D eigenvalue weighted by molar-refractivity contribution is 7.91. The number of sulfone groups is 1. The normalized spacial score (nSPS) is 18.7. The van der Waals surface area contributed by atoms with Gasteiger partial charge in [-0.15, -0.1) is 0 Å². The molecule has 0 aromatic carbocycles. The number of hydrogen-bond acceptors (Lipinski definition) is 5. The third-order valence-corrected chi connectivity index (χ3v) is 6.27. The number of hydrogen-bond donors (Lipinski definition) is 0. The summed E-state index contributed by atoms with van der Waals surface area (Å²) in [4.78, 5) is 32.1. The second-order valence-electron chi connectivity index (χ2n) is 6.14. The average Bonchev–Trinajstić information content (AvgIpc) is 2.96. The van der Waals surface area contributed by atoms with E-state index in [1.165, 1.54) is 9.80 Å². The summed E-state index contributed by atoms with van der Waals surface area (Å²) < 4.78 is 23.3. The maximum Gasteiger partial charge on any atom is 0.312 e. The van der Waals surface area contributed by atoms with Crippen LogP contribution in [0.1, 0.15) is 25.8 Å². The Bertz CT molecular complexity index is 706. The molecule has 0 spiro atoms. The smallest absolute Gasteiger partial charge is 0.312 e. The van der Waals surface area contributed by atoms with Crippen molar-refractivity contribution in [3.8, 4) is 0 Å². The van der Waals surface area contributed by atoms with Gasteiger partial charge in [0.2, 0.25) is 0 Å². The van der Waals surface area contributed by atoms with Gasteiger partial charge in [-0.2, -0.15) is 0 Å². The molecule has 1 aromatic heterocycles.